The minimum absolute atomic E-state index is 0.142. The van der Waals surface area contributed by atoms with E-state index < -0.39 is 11.2 Å². The second-order valence-corrected chi connectivity index (χ2v) is 7.51. The highest BCUT2D eigenvalue weighted by atomic mass is 32.2. The van der Waals surface area contributed by atoms with Crippen molar-refractivity contribution >= 4 is 29.3 Å². The van der Waals surface area contributed by atoms with E-state index in [-0.39, 0.29) is 18.1 Å². The lowest BCUT2D eigenvalue weighted by Crippen LogP contribution is -2.30. The number of thioether (sulfide) groups is 1. The Morgan fingerprint density at radius 3 is 2.46 bits per heavy atom. The van der Waals surface area contributed by atoms with Crippen molar-refractivity contribution in [1.29, 1.82) is 5.26 Å². The van der Waals surface area contributed by atoms with E-state index in [1.165, 1.54) is 16.7 Å². The quantitative estimate of drug-likeness (QED) is 0.437. The largest absolute Gasteiger partial charge is 0.462 e. The number of nitrogens with zero attached hydrogens (tertiary/aromatic N) is 2. The van der Waals surface area contributed by atoms with Gasteiger partial charge in [0.2, 0.25) is 5.91 Å². The molecule has 0 bridgehead atoms. The van der Waals surface area contributed by atoms with Crippen LogP contribution in [0.5, 0.6) is 0 Å². The summed E-state index contributed by atoms with van der Waals surface area (Å²) in [7, 11) is 0. The van der Waals surface area contributed by atoms with E-state index in [1.807, 2.05) is 67.6 Å². The average molecular weight is 392 g/mol. The van der Waals surface area contributed by atoms with Crippen molar-refractivity contribution in [2.75, 3.05) is 11.5 Å². The molecular weight excluding hydrogens is 372 g/mol. The number of ether oxygens (including phenoxy) is 1. The molecule has 1 saturated heterocycles. The number of hydrogen-bond acceptors (Lipinski definition) is 5. The Hall–Kier alpha value is -3.04. The van der Waals surface area contributed by atoms with E-state index in [9.17, 15) is 14.9 Å². The molecule has 0 N–H and O–H groups in total. The summed E-state index contributed by atoms with van der Waals surface area (Å²) in [5.74, 6) is -0.859. The molecule has 0 saturated carbocycles. The van der Waals surface area contributed by atoms with Crippen LogP contribution in [0, 0.1) is 18.3 Å². The third-order valence-electron chi connectivity index (χ3n) is 4.31. The van der Waals surface area contributed by atoms with Crippen LogP contribution in [0.2, 0.25) is 0 Å². The van der Waals surface area contributed by atoms with Gasteiger partial charge in [0.15, 0.2) is 5.57 Å². The van der Waals surface area contributed by atoms with Gasteiger partial charge in [-0.05, 0) is 38.0 Å². The zero-order valence-electron chi connectivity index (χ0n) is 15.7. The summed E-state index contributed by atoms with van der Waals surface area (Å²) in [5, 5.41) is 9.50. The van der Waals surface area contributed by atoms with Gasteiger partial charge in [0.05, 0.1) is 11.9 Å². The van der Waals surface area contributed by atoms with Gasteiger partial charge in [-0.3, -0.25) is 9.69 Å². The minimum Gasteiger partial charge on any atom is -0.462 e. The number of anilines is 1. The van der Waals surface area contributed by atoms with Crippen molar-refractivity contribution in [3.63, 3.8) is 0 Å². The minimum atomic E-state index is -0.710. The molecule has 0 aromatic heterocycles. The number of esters is 1. The standard InChI is InChI=1S/C22H20N2O3S/c1-3-27-22(26)18(14-23)21-24(17-11-9-15(2)10-12-17)20(25)19(28-21)13-16-7-5-4-6-8-16/h4-12,19H,3,13H2,1-2H3/b21-18+/t19-/m1/s1. The smallest absolute Gasteiger partial charge is 0.351 e. The fourth-order valence-corrected chi connectivity index (χ4v) is 4.23. The lowest BCUT2D eigenvalue weighted by Gasteiger charge is -2.18. The van der Waals surface area contributed by atoms with E-state index in [2.05, 4.69) is 0 Å². The molecule has 0 aliphatic carbocycles. The van der Waals surface area contributed by atoms with Crippen molar-refractivity contribution < 1.29 is 14.3 Å². The Balaban J connectivity index is 2.03. The number of carbonyl (C=O) groups excluding carboxylic acids is 2. The SMILES string of the molecule is CCOC(=O)/C(C#N)=C1/S[C@H](Cc2ccccc2)C(=O)N1c1ccc(C)cc1. The fourth-order valence-electron chi connectivity index (χ4n) is 2.93. The lowest BCUT2D eigenvalue weighted by atomic mass is 10.1. The highest BCUT2D eigenvalue weighted by Gasteiger charge is 2.41. The topological polar surface area (TPSA) is 70.4 Å². The molecule has 2 aromatic carbocycles. The molecule has 0 unspecified atom stereocenters. The highest BCUT2D eigenvalue weighted by molar-refractivity contribution is 8.05. The summed E-state index contributed by atoms with van der Waals surface area (Å²) in [6, 6.07) is 19.1. The zero-order valence-corrected chi connectivity index (χ0v) is 16.5. The number of benzene rings is 2. The summed E-state index contributed by atoms with van der Waals surface area (Å²) in [4.78, 5) is 27.0. The number of nitriles is 1. The maximum absolute atomic E-state index is 13.2. The van der Waals surface area contributed by atoms with E-state index in [1.54, 1.807) is 6.92 Å². The first kappa shape index (κ1) is 19.7. The van der Waals surface area contributed by atoms with Gasteiger partial charge in [0.1, 0.15) is 11.1 Å². The van der Waals surface area contributed by atoms with E-state index in [0.717, 1.165) is 11.1 Å². The van der Waals surface area contributed by atoms with Crippen LogP contribution in [0.4, 0.5) is 5.69 Å². The summed E-state index contributed by atoms with van der Waals surface area (Å²) in [5.41, 5.74) is 2.57. The van der Waals surface area contributed by atoms with Crippen LogP contribution >= 0.6 is 11.8 Å². The highest BCUT2D eigenvalue weighted by Crippen LogP contribution is 2.42. The van der Waals surface area contributed by atoms with Gasteiger partial charge < -0.3 is 4.74 Å². The van der Waals surface area contributed by atoms with Gasteiger partial charge in [-0.25, -0.2) is 4.79 Å². The Kier molecular flexibility index (Phi) is 6.17. The molecule has 1 atom stereocenters. The third-order valence-corrected chi connectivity index (χ3v) is 5.58. The normalized spacial score (nSPS) is 18.0. The number of rotatable bonds is 5. The molecule has 5 nitrogen and oxygen atoms in total. The van der Waals surface area contributed by atoms with Crippen molar-refractivity contribution in [2.45, 2.75) is 25.5 Å². The fraction of sp³-hybridized carbons (Fsp3) is 0.227. The van der Waals surface area contributed by atoms with Crippen LogP contribution in [0.3, 0.4) is 0 Å². The first-order valence-corrected chi connectivity index (χ1v) is 9.85. The molecule has 1 fully saturated rings. The Morgan fingerprint density at radius 2 is 1.86 bits per heavy atom. The summed E-state index contributed by atoms with van der Waals surface area (Å²) < 4.78 is 5.03. The molecule has 0 radical (unpaired) electrons. The predicted molar refractivity (Wildman–Crippen MR) is 109 cm³/mol. The average Bonchev–Trinajstić information content (AvgIpc) is 3.00. The van der Waals surface area contributed by atoms with Gasteiger partial charge >= 0.3 is 5.97 Å². The van der Waals surface area contributed by atoms with Crippen LogP contribution < -0.4 is 4.90 Å². The van der Waals surface area contributed by atoms with Crippen LogP contribution in [0.15, 0.2) is 65.2 Å². The lowest BCUT2D eigenvalue weighted by molar-refractivity contribution is -0.138. The number of carbonyl (C=O) groups is 2. The Bertz CT molecular complexity index is 946. The first-order valence-electron chi connectivity index (χ1n) is 8.97. The van der Waals surface area contributed by atoms with Crippen molar-refractivity contribution in [3.8, 4) is 6.07 Å². The van der Waals surface area contributed by atoms with Gasteiger partial charge in [-0.15, -0.1) is 0 Å². The summed E-state index contributed by atoms with van der Waals surface area (Å²) in [6.45, 7) is 3.80. The number of hydrogen-bond donors (Lipinski definition) is 0. The molecule has 28 heavy (non-hydrogen) atoms. The zero-order chi connectivity index (χ0) is 20.1. The van der Waals surface area contributed by atoms with E-state index >= 15 is 0 Å². The summed E-state index contributed by atoms with van der Waals surface area (Å²) >= 11 is 1.24. The second-order valence-electron chi connectivity index (χ2n) is 6.32. The van der Waals surface area contributed by atoms with E-state index in [4.69, 9.17) is 4.74 Å². The Morgan fingerprint density at radius 1 is 1.18 bits per heavy atom. The van der Waals surface area contributed by atoms with Crippen LogP contribution in [0.25, 0.3) is 0 Å². The van der Waals surface area contributed by atoms with Crippen LogP contribution in [-0.4, -0.2) is 23.7 Å². The maximum Gasteiger partial charge on any atom is 0.351 e. The molecule has 142 valence electrons. The van der Waals surface area contributed by atoms with Crippen LogP contribution in [-0.2, 0) is 20.7 Å². The molecule has 1 aliphatic heterocycles. The van der Waals surface area contributed by atoms with Gasteiger partial charge in [0, 0.05) is 5.69 Å². The summed E-state index contributed by atoms with van der Waals surface area (Å²) in [6.07, 6.45) is 0.512. The van der Waals surface area contributed by atoms with Crippen molar-refractivity contribution in [2.24, 2.45) is 0 Å². The molecule has 3 rings (SSSR count). The molecule has 1 heterocycles. The third kappa shape index (κ3) is 4.10. The molecule has 1 amide bonds. The van der Waals surface area contributed by atoms with Gasteiger partial charge in [-0.1, -0.05) is 59.8 Å². The molecule has 2 aromatic rings. The maximum atomic E-state index is 13.2. The second kappa shape index (κ2) is 8.77. The van der Waals surface area contributed by atoms with Crippen LogP contribution in [0.1, 0.15) is 18.1 Å². The number of aryl methyl sites for hydroxylation is 1. The van der Waals surface area contributed by atoms with Gasteiger partial charge in [0.25, 0.3) is 0 Å². The van der Waals surface area contributed by atoms with Gasteiger partial charge in [-0.2, -0.15) is 5.26 Å². The predicted octanol–water partition coefficient (Wildman–Crippen LogP) is 3.98. The van der Waals surface area contributed by atoms with Crippen molar-refractivity contribution in [3.05, 3.63) is 76.3 Å². The van der Waals surface area contributed by atoms with Crippen molar-refractivity contribution in [1.82, 2.24) is 0 Å². The molecule has 1 aliphatic rings. The Labute approximate surface area is 168 Å². The first-order chi connectivity index (χ1) is 13.5. The molecule has 0 spiro atoms. The molecular formula is C22H20N2O3S. The van der Waals surface area contributed by atoms with E-state index in [0.29, 0.717) is 17.1 Å². The molecule has 6 heteroatoms. The number of amides is 1. The monoisotopic (exact) mass is 392 g/mol.